The molecule has 4 nitrogen and oxygen atoms in total. The highest BCUT2D eigenvalue weighted by atomic mass is 32.1. The summed E-state index contributed by atoms with van der Waals surface area (Å²) in [6.45, 7) is 4.04. The number of aryl methyl sites for hydroxylation is 2. The Kier molecular flexibility index (Phi) is 4.07. The lowest BCUT2D eigenvalue weighted by molar-refractivity contribution is 0.350. The van der Waals surface area contributed by atoms with Crippen LogP contribution in [0.4, 0.5) is 0 Å². The van der Waals surface area contributed by atoms with Gasteiger partial charge in [-0.25, -0.2) is 4.98 Å². The van der Waals surface area contributed by atoms with E-state index < -0.39 is 0 Å². The molecule has 2 aromatic rings. The van der Waals surface area contributed by atoms with Crippen molar-refractivity contribution in [2.24, 2.45) is 5.73 Å². The number of hydrogen-bond donors (Lipinski definition) is 1. The summed E-state index contributed by atoms with van der Waals surface area (Å²) in [6, 6.07) is 5.40. The molecular formula is C14H18N2O2S. The molecule has 0 aliphatic carbocycles. The topological polar surface area (TPSA) is 57.4 Å². The Morgan fingerprint density at radius 3 is 2.47 bits per heavy atom. The van der Waals surface area contributed by atoms with Gasteiger partial charge in [-0.2, -0.15) is 0 Å². The molecule has 0 saturated carbocycles. The van der Waals surface area contributed by atoms with Gasteiger partial charge in [-0.05, 0) is 19.9 Å². The smallest absolute Gasteiger partial charge is 0.165 e. The van der Waals surface area contributed by atoms with Gasteiger partial charge >= 0.3 is 0 Å². The van der Waals surface area contributed by atoms with Crippen LogP contribution in [-0.4, -0.2) is 19.2 Å². The monoisotopic (exact) mass is 278 g/mol. The molecule has 5 heteroatoms. The minimum atomic E-state index is -0.303. The van der Waals surface area contributed by atoms with Gasteiger partial charge in [0.1, 0.15) is 5.01 Å². The second-order valence-electron chi connectivity index (χ2n) is 4.25. The molecule has 0 fully saturated rings. The average Bonchev–Trinajstić information content (AvgIpc) is 2.76. The molecule has 0 bridgehead atoms. The highest BCUT2D eigenvalue weighted by molar-refractivity contribution is 7.11. The molecule has 1 atom stereocenters. The van der Waals surface area contributed by atoms with Gasteiger partial charge in [-0.15, -0.1) is 11.3 Å². The van der Waals surface area contributed by atoms with Gasteiger partial charge in [0.15, 0.2) is 11.5 Å². The Morgan fingerprint density at radius 2 is 1.95 bits per heavy atom. The lowest BCUT2D eigenvalue weighted by Crippen LogP contribution is -2.13. The summed E-state index contributed by atoms with van der Waals surface area (Å²) in [4.78, 5) is 5.70. The molecule has 0 radical (unpaired) electrons. The summed E-state index contributed by atoms with van der Waals surface area (Å²) in [5, 5.41) is 0.890. The van der Waals surface area contributed by atoms with Gasteiger partial charge in [0, 0.05) is 10.4 Å². The predicted octanol–water partition coefficient (Wildman–Crippen LogP) is 2.83. The lowest BCUT2D eigenvalue weighted by Gasteiger charge is -2.16. The van der Waals surface area contributed by atoms with Crippen LogP contribution in [0.25, 0.3) is 0 Å². The molecule has 19 heavy (non-hydrogen) atoms. The normalized spacial score (nSPS) is 12.3. The maximum absolute atomic E-state index is 6.31. The summed E-state index contributed by atoms with van der Waals surface area (Å²) in [5.74, 6) is 1.35. The fourth-order valence-corrected chi connectivity index (χ4v) is 2.86. The van der Waals surface area contributed by atoms with Crippen molar-refractivity contribution in [1.82, 2.24) is 4.98 Å². The number of nitrogens with two attached hydrogens (primary N) is 1. The zero-order valence-electron chi connectivity index (χ0n) is 11.6. The molecule has 0 aliphatic rings. The van der Waals surface area contributed by atoms with Crippen molar-refractivity contribution in [3.63, 3.8) is 0 Å². The molecule has 0 amide bonds. The van der Waals surface area contributed by atoms with Crippen molar-refractivity contribution >= 4 is 11.3 Å². The molecule has 0 aliphatic heterocycles. The molecule has 0 saturated heterocycles. The summed E-state index contributed by atoms with van der Waals surface area (Å²) >= 11 is 1.62. The van der Waals surface area contributed by atoms with E-state index in [1.165, 1.54) is 4.88 Å². The number of benzene rings is 1. The van der Waals surface area contributed by atoms with E-state index in [9.17, 15) is 0 Å². The number of hydrogen-bond acceptors (Lipinski definition) is 5. The van der Waals surface area contributed by atoms with Gasteiger partial charge in [-0.1, -0.05) is 12.1 Å². The zero-order chi connectivity index (χ0) is 14.0. The number of para-hydroxylation sites is 1. The summed E-state index contributed by atoms with van der Waals surface area (Å²) < 4.78 is 10.7. The number of aromatic nitrogens is 1. The molecular weight excluding hydrogens is 260 g/mol. The van der Waals surface area contributed by atoms with Gasteiger partial charge < -0.3 is 15.2 Å². The van der Waals surface area contributed by atoms with Crippen LogP contribution in [0, 0.1) is 13.8 Å². The van der Waals surface area contributed by atoms with Crippen molar-refractivity contribution in [3.8, 4) is 11.5 Å². The van der Waals surface area contributed by atoms with Crippen LogP contribution in [0.5, 0.6) is 11.5 Å². The summed E-state index contributed by atoms with van der Waals surface area (Å²) in [5.41, 5.74) is 8.22. The third kappa shape index (κ3) is 2.57. The Morgan fingerprint density at radius 1 is 1.21 bits per heavy atom. The molecule has 1 heterocycles. The molecule has 102 valence electrons. The van der Waals surface area contributed by atoms with Crippen LogP contribution in [0.1, 0.15) is 27.2 Å². The fourth-order valence-electron chi connectivity index (χ4n) is 1.92. The van der Waals surface area contributed by atoms with E-state index in [-0.39, 0.29) is 6.04 Å². The number of ether oxygens (including phenoxy) is 2. The van der Waals surface area contributed by atoms with Gasteiger partial charge in [0.05, 0.1) is 26.0 Å². The molecule has 1 unspecified atom stereocenters. The van der Waals surface area contributed by atoms with Crippen molar-refractivity contribution in [2.45, 2.75) is 19.9 Å². The van der Waals surface area contributed by atoms with E-state index in [0.29, 0.717) is 11.5 Å². The van der Waals surface area contributed by atoms with E-state index in [1.807, 2.05) is 32.0 Å². The zero-order valence-corrected chi connectivity index (χ0v) is 12.4. The van der Waals surface area contributed by atoms with Crippen LogP contribution in [0.3, 0.4) is 0 Å². The molecule has 2 rings (SSSR count). The summed E-state index contributed by atoms with van der Waals surface area (Å²) in [6.07, 6.45) is 0. The first kappa shape index (κ1) is 13.8. The fraction of sp³-hybridized carbons (Fsp3) is 0.357. The van der Waals surface area contributed by atoms with Crippen molar-refractivity contribution in [3.05, 3.63) is 39.3 Å². The number of rotatable bonds is 4. The van der Waals surface area contributed by atoms with E-state index >= 15 is 0 Å². The Balaban J connectivity index is 2.46. The van der Waals surface area contributed by atoms with Crippen LogP contribution in [0.2, 0.25) is 0 Å². The van der Waals surface area contributed by atoms with Gasteiger partial charge in [-0.3, -0.25) is 0 Å². The summed E-state index contributed by atoms with van der Waals surface area (Å²) in [7, 11) is 3.23. The van der Waals surface area contributed by atoms with Crippen LogP contribution >= 0.6 is 11.3 Å². The van der Waals surface area contributed by atoms with Crippen molar-refractivity contribution in [1.29, 1.82) is 0 Å². The Bertz CT molecular complexity index is 561. The first-order valence-corrected chi connectivity index (χ1v) is 6.80. The minimum absolute atomic E-state index is 0.303. The SMILES string of the molecule is COc1cccc(C(N)c2nc(C)c(C)s2)c1OC. The highest BCUT2D eigenvalue weighted by Gasteiger charge is 2.20. The highest BCUT2D eigenvalue weighted by Crippen LogP contribution is 2.37. The van der Waals surface area contributed by atoms with Crippen LogP contribution in [0.15, 0.2) is 18.2 Å². The third-order valence-corrected chi connectivity index (χ3v) is 4.24. The third-order valence-electron chi connectivity index (χ3n) is 3.08. The second-order valence-corrected chi connectivity index (χ2v) is 5.49. The number of nitrogens with zero attached hydrogens (tertiary/aromatic N) is 1. The van der Waals surface area contributed by atoms with E-state index in [0.717, 1.165) is 16.3 Å². The standard InChI is InChI=1S/C14H18N2O2S/c1-8-9(2)19-14(16-8)12(15)10-6-5-7-11(17-3)13(10)18-4/h5-7,12H,15H2,1-4H3. The molecule has 0 spiro atoms. The largest absolute Gasteiger partial charge is 0.493 e. The molecule has 1 aromatic carbocycles. The van der Waals surface area contributed by atoms with Gasteiger partial charge in [0.25, 0.3) is 0 Å². The van der Waals surface area contributed by atoms with E-state index in [2.05, 4.69) is 4.98 Å². The minimum Gasteiger partial charge on any atom is -0.493 e. The van der Waals surface area contributed by atoms with Crippen molar-refractivity contribution in [2.75, 3.05) is 14.2 Å². The average molecular weight is 278 g/mol. The van der Waals surface area contributed by atoms with Gasteiger partial charge in [0.2, 0.25) is 0 Å². The quantitative estimate of drug-likeness (QED) is 0.934. The lowest BCUT2D eigenvalue weighted by atomic mass is 10.1. The van der Waals surface area contributed by atoms with Crippen LogP contribution < -0.4 is 15.2 Å². The maximum Gasteiger partial charge on any atom is 0.165 e. The van der Waals surface area contributed by atoms with E-state index in [1.54, 1.807) is 25.6 Å². The Labute approximate surface area is 117 Å². The predicted molar refractivity (Wildman–Crippen MR) is 77.2 cm³/mol. The maximum atomic E-state index is 6.31. The first-order valence-electron chi connectivity index (χ1n) is 5.98. The molecule has 2 N–H and O–H groups in total. The first-order chi connectivity index (χ1) is 9.08. The Hall–Kier alpha value is -1.59. The number of methoxy groups -OCH3 is 2. The molecule has 1 aromatic heterocycles. The van der Waals surface area contributed by atoms with E-state index in [4.69, 9.17) is 15.2 Å². The van der Waals surface area contributed by atoms with Crippen molar-refractivity contribution < 1.29 is 9.47 Å². The number of thiazole rings is 1. The van der Waals surface area contributed by atoms with Crippen LogP contribution in [-0.2, 0) is 0 Å². The second kappa shape index (κ2) is 5.59.